The first-order chi connectivity index (χ1) is 12.3. The molecule has 0 bridgehead atoms. The zero-order chi connectivity index (χ0) is 19.1. The van der Waals surface area contributed by atoms with Gasteiger partial charge in [0.15, 0.2) is 5.69 Å². The number of carboxylic acid groups (broad SMARTS) is 1. The predicted molar refractivity (Wildman–Crippen MR) is 89.9 cm³/mol. The van der Waals surface area contributed by atoms with Crippen molar-refractivity contribution in [3.8, 4) is 0 Å². The molecule has 8 heteroatoms. The Morgan fingerprint density at radius 2 is 2.00 bits per heavy atom. The van der Waals surface area contributed by atoms with E-state index in [2.05, 4.69) is 9.94 Å². The maximum Gasteiger partial charge on any atom is 1.00 e. The number of rotatable bonds is 4. The van der Waals surface area contributed by atoms with Gasteiger partial charge in [0.1, 0.15) is 5.97 Å². The number of aryl methyl sites for hydroxylation is 2. The van der Waals surface area contributed by atoms with Crippen LogP contribution in [0.15, 0.2) is 36.4 Å². The predicted octanol–water partition coefficient (Wildman–Crippen LogP) is 0.0979. The zero-order valence-corrected chi connectivity index (χ0v) is 18.2. The normalized spacial score (nSPS) is 11.1. The molecule has 3 rings (SSSR count). The first-order valence-corrected chi connectivity index (χ1v) is 7.78. The van der Waals surface area contributed by atoms with Crippen molar-refractivity contribution in [2.24, 2.45) is 0 Å². The molecule has 0 spiro atoms. The average molecular weight is 393 g/mol. The van der Waals surface area contributed by atoms with Gasteiger partial charge in [0.2, 0.25) is 0 Å². The van der Waals surface area contributed by atoms with E-state index in [0.717, 1.165) is 23.3 Å². The van der Waals surface area contributed by atoms with Gasteiger partial charge >= 0.3 is 57.3 Å². The third kappa shape index (κ3) is 3.98. The molecule has 0 fully saturated rings. The Labute approximate surface area is 197 Å². The summed E-state index contributed by atoms with van der Waals surface area (Å²) in [6, 6.07) is 8.92. The van der Waals surface area contributed by atoms with Crippen LogP contribution in [0.2, 0.25) is 0 Å². The number of hydrogen-bond acceptors (Lipinski definition) is 3. The van der Waals surface area contributed by atoms with Crippen molar-refractivity contribution in [3.05, 3.63) is 70.2 Å². The second-order valence-corrected chi connectivity index (χ2v) is 6.02. The van der Waals surface area contributed by atoms with Gasteiger partial charge in [-0.05, 0) is 25.5 Å². The molecule has 132 valence electrons. The summed E-state index contributed by atoms with van der Waals surface area (Å²) in [6.45, 7) is 11.1. The number of aliphatic carboxylic acids is 1. The molecule has 0 aliphatic carbocycles. The molecule has 0 radical (unpaired) electrons. The summed E-state index contributed by atoms with van der Waals surface area (Å²) in [6.07, 6.45) is 0. The molecule has 0 aliphatic rings. The molecule has 0 amide bonds. The molecule has 0 aliphatic heterocycles. The Kier molecular flexibility index (Phi) is 6.55. The van der Waals surface area contributed by atoms with Gasteiger partial charge in [0.05, 0.1) is 24.3 Å². The number of nitrogens with zero attached hydrogens (tertiary/aromatic N) is 3. The minimum Gasteiger partial charge on any atom is -0.544 e. The van der Waals surface area contributed by atoms with Crippen molar-refractivity contribution in [1.29, 1.82) is 0 Å². The Balaban J connectivity index is 0.00000261. The van der Waals surface area contributed by atoms with Gasteiger partial charge in [-0.2, -0.15) is 13.9 Å². The van der Waals surface area contributed by atoms with Crippen molar-refractivity contribution < 1.29 is 70.1 Å². The second kappa shape index (κ2) is 8.16. The molecule has 0 N–H and O–H groups in total. The van der Waals surface area contributed by atoms with Gasteiger partial charge in [-0.1, -0.05) is 35.9 Å². The largest absolute Gasteiger partial charge is 1.00 e. The van der Waals surface area contributed by atoms with Gasteiger partial charge in [-0.15, -0.1) is 0 Å². The molecule has 1 aromatic heterocycles. The van der Waals surface area contributed by atoms with Crippen LogP contribution in [0.5, 0.6) is 0 Å². The molecule has 0 saturated carbocycles. The quantitative estimate of drug-likeness (QED) is 0.467. The molecule has 27 heavy (non-hydrogen) atoms. The summed E-state index contributed by atoms with van der Waals surface area (Å²) in [5.41, 5.74) is 2.42. The summed E-state index contributed by atoms with van der Waals surface area (Å²) < 4.78 is 29.2. The summed E-state index contributed by atoms with van der Waals surface area (Å²) in [5, 5.41) is 15.8. The fourth-order valence-corrected chi connectivity index (χ4v) is 2.92. The first-order valence-electron chi connectivity index (χ1n) is 7.78. The third-order valence-corrected chi connectivity index (χ3v) is 4.37. The molecule has 1 heterocycles. The van der Waals surface area contributed by atoms with Crippen LogP contribution in [0, 0.1) is 20.4 Å². The van der Waals surface area contributed by atoms with Crippen molar-refractivity contribution in [1.82, 2.24) is 9.78 Å². The summed E-state index contributed by atoms with van der Waals surface area (Å²) in [4.78, 5) is 14.2. The number of carboxylic acids is 1. The van der Waals surface area contributed by atoms with Crippen LogP contribution in [0.4, 0.5) is 14.5 Å². The maximum atomic E-state index is 13.8. The van der Waals surface area contributed by atoms with Crippen molar-refractivity contribution in [3.63, 3.8) is 0 Å². The molecule has 3 aromatic rings. The Morgan fingerprint density at radius 1 is 1.30 bits per heavy atom. The van der Waals surface area contributed by atoms with E-state index in [-0.39, 0.29) is 57.9 Å². The fraction of sp³-hybridized carbons (Fsp3) is 0.211. The molecular formula is C19H14F2KN3O2. The molecule has 2 aromatic carbocycles. The number of aromatic nitrogens is 2. The standard InChI is InChI=1S/C19H15F2N3O2.K/c1-11-5-4-6-16(22-3)15(11)10-24-17-9-13(19(20,21)18(25)26)7-8-14(17)12(2)23-24;/h4-9H,10H2,1-2H3,(H,25,26);/q;+1/p-1. The molecular weight excluding hydrogens is 379 g/mol. The van der Waals surface area contributed by atoms with E-state index in [9.17, 15) is 18.7 Å². The van der Waals surface area contributed by atoms with E-state index in [1.165, 1.54) is 10.7 Å². The van der Waals surface area contributed by atoms with Crippen LogP contribution >= 0.6 is 0 Å². The Bertz CT molecular complexity index is 1070. The van der Waals surface area contributed by atoms with Crippen LogP contribution in [0.25, 0.3) is 15.7 Å². The first kappa shape index (κ1) is 21.7. The number of carbonyl (C=O) groups excluding carboxylic acids is 1. The summed E-state index contributed by atoms with van der Waals surface area (Å²) in [7, 11) is 0. The SMILES string of the molecule is [C-]#[N+]c1cccc(C)c1Cn1nc(C)c2ccc(C(F)(F)C(=O)[O-])cc21.[K+]. The molecule has 0 unspecified atom stereocenters. The zero-order valence-electron chi connectivity index (χ0n) is 15.1. The van der Waals surface area contributed by atoms with E-state index in [4.69, 9.17) is 6.57 Å². The van der Waals surface area contributed by atoms with E-state index in [1.807, 2.05) is 13.0 Å². The third-order valence-electron chi connectivity index (χ3n) is 4.37. The Morgan fingerprint density at radius 3 is 2.63 bits per heavy atom. The monoisotopic (exact) mass is 393 g/mol. The number of alkyl halides is 2. The number of fused-ring (bicyclic) bond motifs is 1. The minimum atomic E-state index is -4.10. The average Bonchev–Trinajstić information content (AvgIpc) is 2.92. The fourth-order valence-electron chi connectivity index (χ4n) is 2.92. The topological polar surface area (TPSA) is 62.3 Å². The smallest absolute Gasteiger partial charge is 0.544 e. The maximum absolute atomic E-state index is 13.8. The van der Waals surface area contributed by atoms with Crippen LogP contribution in [-0.2, 0) is 17.3 Å². The van der Waals surface area contributed by atoms with E-state index in [0.29, 0.717) is 22.3 Å². The minimum absolute atomic E-state index is 0. The van der Waals surface area contributed by atoms with Crippen molar-refractivity contribution >= 4 is 22.6 Å². The van der Waals surface area contributed by atoms with Gasteiger partial charge in [0, 0.05) is 10.9 Å². The van der Waals surface area contributed by atoms with Gasteiger partial charge in [0.25, 0.3) is 0 Å². The summed E-state index contributed by atoms with van der Waals surface area (Å²) in [5.74, 6) is -6.55. The van der Waals surface area contributed by atoms with Gasteiger partial charge in [-0.3, -0.25) is 4.68 Å². The number of halogens is 2. The number of hydrogen-bond donors (Lipinski definition) is 0. The molecule has 0 saturated heterocycles. The van der Waals surface area contributed by atoms with E-state index in [1.54, 1.807) is 19.1 Å². The van der Waals surface area contributed by atoms with Crippen LogP contribution in [-0.4, -0.2) is 15.7 Å². The van der Waals surface area contributed by atoms with Gasteiger partial charge < -0.3 is 9.90 Å². The summed E-state index contributed by atoms with van der Waals surface area (Å²) >= 11 is 0. The van der Waals surface area contributed by atoms with Crippen molar-refractivity contribution in [2.75, 3.05) is 0 Å². The van der Waals surface area contributed by atoms with E-state index < -0.39 is 17.5 Å². The van der Waals surface area contributed by atoms with Crippen molar-refractivity contribution in [2.45, 2.75) is 26.3 Å². The van der Waals surface area contributed by atoms with Gasteiger partial charge in [-0.25, -0.2) is 4.85 Å². The van der Waals surface area contributed by atoms with Crippen LogP contribution in [0.1, 0.15) is 22.4 Å². The van der Waals surface area contributed by atoms with E-state index >= 15 is 0 Å². The Hall–Kier alpha value is -1.63. The second-order valence-electron chi connectivity index (χ2n) is 6.02. The molecule has 0 atom stereocenters. The van der Waals surface area contributed by atoms with Crippen LogP contribution < -0.4 is 56.5 Å². The molecule has 5 nitrogen and oxygen atoms in total. The van der Waals surface area contributed by atoms with Crippen LogP contribution in [0.3, 0.4) is 0 Å². The number of carbonyl (C=O) groups is 1. The number of benzene rings is 2.